The third kappa shape index (κ3) is 3.88. The Morgan fingerprint density at radius 1 is 1.11 bits per heavy atom. The van der Waals surface area contributed by atoms with Crippen LogP contribution in [0.3, 0.4) is 0 Å². The number of anilines is 2. The van der Waals surface area contributed by atoms with Gasteiger partial charge in [-0.25, -0.2) is 16.8 Å². The van der Waals surface area contributed by atoms with Crippen molar-refractivity contribution in [3.8, 4) is 0 Å². The van der Waals surface area contributed by atoms with E-state index in [1.54, 1.807) is 19.1 Å². The van der Waals surface area contributed by atoms with Gasteiger partial charge in [0, 0.05) is 12.7 Å². The topological polar surface area (TPSA) is 83.6 Å². The Bertz CT molecular complexity index is 606. The van der Waals surface area contributed by atoms with Crippen molar-refractivity contribution in [3.05, 3.63) is 24.3 Å². The van der Waals surface area contributed by atoms with Crippen LogP contribution in [0.1, 0.15) is 6.92 Å². The number of rotatable bonds is 5. The van der Waals surface area contributed by atoms with Crippen molar-refractivity contribution in [2.75, 3.05) is 28.1 Å². The molecule has 0 aromatic heterocycles. The van der Waals surface area contributed by atoms with E-state index in [0.29, 0.717) is 11.4 Å². The van der Waals surface area contributed by atoms with Gasteiger partial charge in [-0.3, -0.25) is 9.03 Å². The Morgan fingerprint density at radius 3 is 2.00 bits per heavy atom. The molecule has 0 aliphatic rings. The van der Waals surface area contributed by atoms with Crippen molar-refractivity contribution < 1.29 is 16.8 Å². The molecule has 1 aromatic carbocycles. The molecular formula is C10H16N2O4S2. The molecule has 6 nitrogen and oxygen atoms in total. The van der Waals surface area contributed by atoms with Crippen LogP contribution in [0, 0.1) is 0 Å². The minimum Gasteiger partial charge on any atom is -0.284 e. The van der Waals surface area contributed by atoms with E-state index in [1.807, 2.05) is 0 Å². The molecule has 18 heavy (non-hydrogen) atoms. The summed E-state index contributed by atoms with van der Waals surface area (Å²) in [6.07, 6.45) is 1.05. The highest BCUT2D eigenvalue weighted by Gasteiger charge is 2.15. The van der Waals surface area contributed by atoms with Crippen LogP contribution in [-0.4, -0.2) is 35.9 Å². The second-order valence-corrected chi connectivity index (χ2v) is 7.83. The Hall–Kier alpha value is -1.28. The van der Waals surface area contributed by atoms with Gasteiger partial charge >= 0.3 is 0 Å². The summed E-state index contributed by atoms with van der Waals surface area (Å²) >= 11 is 0. The lowest BCUT2D eigenvalue weighted by molar-refractivity contribution is 0.595. The van der Waals surface area contributed by atoms with Gasteiger partial charge in [0.2, 0.25) is 20.0 Å². The molecule has 0 radical (unpaired) electrons. The molecule has 0 aliphatic heterocycles. The van der Waals surface area contributed by atoms with Crippen LogP contribution in [-0.2, 0) is 20.0 Å². The summed E-state index contributed by atoms with van der Waals surface area (Å²) < 4.78 is 48.7. The van der Waals surface area contributed by atoms with Crippen molar-refractivity contribution in [2.45, 2.75) is 6.92 Å². The van der Waals surface area contributed by atoms with Crippen LogP contribution in [0.5, 0.6) is 0 Å². The predicted molar refractivity (Wildman–Crippen MR) is 72.8 cm³/mol. The van der Waals surface area contributed by atoms with Crippen molar-refractivity contribution in [1.29, 1.82) is 0 Å². The fourth-order valence-corrected chi connectivity index (χ4v) is 2.70. The molecule has 8 heteroatoms. The fraction of sp³-hybridized carbons (Fsp3) is 0.400. The van der Waals surface area contributed by atoms with Crippen molar-refractivity contribution in [2.24, 2.45) is 0 Å². The molecular weight excluding hydrogens is 276 g/mol. The molecule has 1 N–H and O–H groups in total. The van der Waals surface area contributed by atoms with Crippen LogP contribution < -0.4 is 9.03 Å². The monoisotopic (exact) mass is 292 g/mol. The van der Waals surface area contributed by atoms with Gasteiger partial charge in [-0.2, -0.15) is 0 Å². The first-order chi connectivity index (χ1) is 8.15. The first kappa shape index (κ1) is 14.8. The summed E-state index contributed by atoms with van der Waals surface area (Å²) in [6, 6.07) is 6.11. The van der Waals surface area contributed by atoms with Gasteiger partial charge in [-0.05, 0) is 31.2 Å². The van der Waals surface area contributed by atoms with Gasteiger partial charge in [0.05, 0.1) is 17.7 Å². The van der Waals surface area contributed by atoms with Crippen molar-refractivity contribution in [3.63, 3.8) is 0 Å². The summed E-state index contributed by atoms with van der Waals surface area (Å²) in [7, 11) is -5.17. The summed E-state index contributed by atoms with van der Waals surface area (Å²) in [4.78, 5) is 0. The largest absolute Gasteiger partial charge is 0.284 e. The number of hydrogen-bond donors (Lipinski definition) is 1. The van der Waals surface area contributed by atoms with Crippen LogP contribution in [0.15, 0.2) is 24.3 Å². The number of nitrogens with zero attached hydrogens (tertiary/aromatic N) is 1. The zero-order valence-electron chi connectivity index (χ0n) is 10.4. The second-order valence-electron chi connectivity index (χ2n) is 3.79. The van der Waals surface area contributed by atoms with E-state index < -0.39 is 20.0 Å². The van der Waals surface area contributed by atoms with Gasteiger partial charge in [0.1, 0.15) is 0 Å². The molecule has 0 bridgehead atoms. The van der Waals surface area contributed by atoms with Crippen molar-refractivity contribution >= 4 is 31.4 Å². The average molecular weight is 292 g/mol. The maximum absolute atomic E-state index is 11.6. The van der Waals surface area contributed by atoms with E-state index in [4.69, 9.17) is 0 Å². The summed E-state index contributed by atoms with van der Waals surface area (Å²) in [6.45, 7) is 1.56. The van der Waals surface area contributed by atoms with Gasteiger partial charge in [-0.15, -0.1) is 0 Å². The van der Waals surface area contributed by atoms with Crippen LogP contribution in [0.4, 0.5) is 11.4 Å². The van der Waals surface area contributed by atoms with Gasteiger partial charge in [0.15, 0.2) is 0 Å². The van der Waals surface area contributed by atoms with E-state index >= 15 is 0 Å². The molecule has 0 amide bonds. The third-order valence-corrected chi connectivity index (χ3v) is 4.70. The minimum absolute atomic E-state index is 0.00679. The zero-order valence-corrected chi connectivity index (χ0v) is 12.0. The molecule has 1 rings (SSSR count). The summed E-state index contributed by atoms with van der Waals surface area (Å²) in [5.74, 6) is 0.00679. The molecule has 0 aliphatic carbocycles. The third-order valence-electron chi connectivity index (χ3n) is 2.32. The minimum atomic E-state index is -3.33. The molecule has 0 heterocycles. The Labute approximate surface area is 108 Å². The standard InChI is InChI=1S/C10H16N2O4S2/c1-4-18(15,16)12(2)10-7-5-9(6-8-10)11-17(3,13)14/h5-8,11H,4H2,1-3H3. The summed E-state index contributed by atoms with van der Waals surface area (Å²) in [5.41, 5.74) is 0.874. The highest BCUT2D eigenvalue weighted by atomic mass is 32.2. The van der Waals surface area contributed by atoms with Gasteiger partial charge in [0.25, 0.3) is 0 Å². The van der Waals surface area contributed by atoms with Gasteiger partial charge in [-0.1, -0.05) is 0 Å². The van der Waals surface area contributed by atoms with Crippen LogP contribution in [0.25, 0.3) is 0 Å². The SMILES string of the molecule is CCS(=O)(=O)N(C)c1ccc(NS(C)(=O)=O)cc1. The number of sulfonamides is 2. The normalized spacial score (nSPS) is 12.2. The molecule has 0 unspecified atom stereocenters. The number of hydrogen-bond acceptors (Lipinski definition) is 4. The maximum Gasteiger partial charge on any atom is 0.234 e. The molecule has 0 spiro atoms. The quantitative estimate of drug-likeness (QED) is 0.872. The maximum atomic E-state index is 11.6. The molecule has 0 atom stereocenters. The van der Waals surface area contributed by atoms with E-state index in [9.17, 15) is 16.8 Å². The molecule has 0 saturated heterocycles. The molecule has 0 fully saturated rings. The van der Waals surface area contributed by atoms with Crippen LogP contribution in [0.2, 0.25) is 0 Å². The lowest BCUT2D eigenvalue weighted by atomic mass is 10.3. The van der Waals surface area contributed by atoms with E-state index in [-0.39, 0.29) is 5.75 Å². The smallest absolute Gasteiger partial charge is 0.234 e. The number of benzene rings is 1. The predicted octanol–water partition coefficient (Wildman–Crippen LogP) is 0.844. The lowest BCUT2D eigenvalue weighted by Gasteiger charge is -2.18. The van der Waals surface area contributed by atoms with Crippen LogP contribution >= 0.6 is 0 Å². The average Bonchev–Trinajstić information content (AvgIpc) is 2.27. The highest BCUT2D eigenvalue weighted by molar-refractivity contribution is 7.92. The zero-order chi connectivity index (χ0) is 14.0. The first-order valence-corrected chi connectivity index (χ1v) is 8.70. The number of nitrogens with one attached hydrogen (secondary N) is 1. The molecule has 0 saturated carbocycles. The first-order valence-electron chi connectivity index (χ1n) is 5.20. The highest BCUT2D eigenvalue weighted by Crippen LogP contribution is 2.19. The van der Waals surface area contributed by atoms with E-state index in [0.717, 1.165) is 10.6 Å². The lowest BCUT2D eigenvalue weighted by Crippen LogP contribution is -2.27. The Morgan fingerprint density at radius 2 is 1.61 bits per heavy atom. The molecule has 102 valence electrons. The van der Waals surface area contributed by atoms with Gasteiger partial charge < -0.3 is 0 Å². The Kier molecular flexibility index (Phi) is 4.23. The van der Waals surface area contributed by atoms with E-state index in [1.165, 1.54) is 19.2 Å². The van der Waals surface area contributed by atoms with Crippen molar-refractivity contribution in [1.82, 2.24) is 0 Å². The fourth-order valence-electron chi connectivity index (χ4n) is 1.31. The second kappa shape index (κ2) is 5.15. The Balaban J connectivity index is 2.97. The van der Waals surface area contributed by atoms with E-state index in [2.05, 4.69) is 4.72 Å². The summed E-state index contributed by atoms with van der Waals surface area (Å²) in [5, 5.41) is 0. The molecule has 1 aromatic rings.